The molecule has 0 bridgehead atoms. The van der Waals surface area contributed by atoms with Gasteiger partial charge >= 0.3 is 0 Å². The monoisotopic (exact) mass is 252 g/mol. The van der Waals surface area contributed by atoms with E-state index in [1.165, 1.54) is 17.0 Å². The van der Waals surface area contributed by atoms with Crippen molar-refractivity contribution in [3.63, 3.8) is 0 Å². The lowest BCUT2D eigenvalue weighted by Crippen LogP contribution is -2.37. The quantitative estimate of drug-likeness (QED) is 0.739. The highest BCUT2D eigenvalue weighted by atomic mass is 15.3. The minimum Gasteiger partial charge on any atom is -0.315 e. The number of nitrogens with one attached hydrogen (secondary N) is 2. The minimum atomic E-state index is 0.520. The average Bonchev–Trinajstić information content (AvgIpc) is 2.63. The standard InChI is InChI=1S/C14H28N4/c1-6-15-10-11(3)16-9-8-14-12(4)17-18(7-2)13(14)5/h11,15-16H,6-10H2,1-5H3. The van der Waals surface area contributed by atoms with Crippen molar-refractivity contribution >= 4 is 0 Å². The Morgan fingerprint density at radius 3 is 2.56 bits per heavy atom. The Morgan fingerprint density at radius 2 is 2.00 bits per heavy atom. The first kappa shape index (κ1) is 15.2. The molecule has 0 fully saturated rings. The van der Waals surface area contributed by atoms with Gasteiger partial charge in [-0.25, -0.2) is 0 Å². The molecular weight excluding hydrogens is 224 g/mol. The van der Waals surface area contributed by atoms with Crippen LogP contribution >= 0.6 is 0 Å². The van der Waals surface area contributed by atoms with Gasteiger partial charge in [0.25, 0.3) is 0 Å². The van der Waals surface area contributed by atoms with E-state index in [0.717, 1.165) is 32.6 Å². The molecule has 1 unspecified atom stereocenters. The van der Waals surface area contributed by atoms with Gasteiger partial charge in [0, 0.05) is 24.8 Å². The van der Waals surface area contributed by atoms with E-state index in [-0.39, 0.29) is 0 Å². The summed E-state index contributed by atoms with van der Waals surface area (Å²) in [5, 5.41) is 11.5. The van der Waals surface area contributed by atoms with Crippen LogP contribution < -0.4 is 10.6 Å². The molecule has 0 spiro atoms. The summed E-state index contributed by atoms with van der Waals surface area (Å²) in [5.74, 6) is 0. The number of likely N-dealkylation sites (N-methyl/N-ethyl adjacent to an activating group) is 1. The maximum absolute atomic E-state index is 4.55. The van der Waals surface area contributed by atoms with Crippen LogP contribution in [-0.4, -0.2) is 35.5 Å². The summed E-state index contributed by atoms with van der Waals surface area (Å²) in [7, 11) is 0. The summed E-state index contributed by atoms with van der Waals surface area (Å²) in [5.41, 5.74) is 3.90. The molecule has 0 saturated heterocycles. The number of hydrogen-bond acceptors (Lipinski definition) is 3. The molecule has 0 amide bonds. The van der Waals surface area contributed by atoms with Crippen molar-refractivity contribution in [2.75, 3.05) is 19.6 Å². The first-order valence-corrected chi connectivity index (χ1v) is 7.07. The molecule has 0 aromatic carbocycles. The van der Waals surface area contributed by atoms with Gasteiger partial charge in [0.05, 0.1) is 5.69 Å². The van der Waals surface area contributed by atoms with Gasteiger partial charge in [-0.15, -0.1) is 0 Å². The van der Waals surface area contributed by atoms with Crippen LogP contribution in [0.4, 0.5) is 0 Å². The van der Waals surface area contributed by atoms with E-state index in [4.69, 9.17) is 0 Å². The molecule has 104 valence electrons. The summed E-state index contributed by atoms with van der Waals surface area (Å²) in [6.07, 6.45) is 1.06. The maximum atomic E-state index is 4.55. The zero-order valence-corrected chi connectivity index (χ0v) is 12.5. The number of aromatic nitrogens is 2. The van der Waals surface area contributed by atoms with Crippen LogP contribution in [0.15, 0.2) is 0 Å². The van der Waals surface area contributed by atoms with Crippen molar-refractivity contribution in [3.8, 4) is 0 Å². The molecule has 18 heavy (non-hydrogen) atoms. The van der Waals surface area contributed by atoms with Crippen molar-refractivity contribution in [1.29, 1.82) is 0 Å². The minimum absolute atomic E-state index is 0.520. The van der Waals surface area contributed by atoms with Crippen molar-refractivity contribution < 1.29 is 0 Å². The van der Waals surface area contributed by atoms with E-state index in [1.54, 1.807) is 0 Å². The van der Waals surface area contributed by atoms with E-state index in [2.05, 4.69) is 55.0 Å². The Kier molecular flexibility index (Phi) is 6.36. The maximum Gasteiger partial charge on any atom is 0.0628 e. The molecule has 0 aliphatic rings. The topological polar surface area (TPSA) is 41.9 Å². The highest BCUT2D eigenvalue weighted by Crippen LogP contribution is 2.13. The van der Waals surface area contributed by atoms with Gasteiger partial charge in [0.1, 0.15) is 0 Å². The first-order valence-electron chi connectivity index (χ1n) is 7.07. The van der Waals surface area contributed by atoms with E-state index in [9.17, 15) is 0 Å². The lowest BCUT2D eigenvalue weighted by Gasteiger charge is -2.14. The van der Waals surface area contributed by atoms with Crippen molar-refractivity contribution in [2.24, 2.45) is 0 Å². The number of nitrogens with zero attached hydrogens (tertiary/aromatic N) is 2. The zero-order valence-electron chi connectivity index (χ0n) is 12.5. The van der Waals surface area contributed by atoms with Crippen molar-refractivity contribution in [3.05, 3.63) is 17.0 Å². The molecule has 0 saturated carbocycles. The van der Waals surface area contributed by atoms with Gasteiger partial charge in [-0.2, -0.15) is 5.10 Å². The van der Waals surface area contributed by atoms with E-state index in [1.807, 2.05) is 0 Å². The Bertz CT molecular complexity index is 357. The predicted octanol–water partition coefficient (Wildman–Crippen LogP) is 1.65. The molecule has 1 atom stereocenters. The van der Waals surface area contributed by atoms with Gasteiger partial charge in [-0.3, -0.25) is 4.68 Å². The predicted molar refractivity (Wildman–Crippen MR) is 77.1 cm³/mol. The second kappa shape index (κ2) is 7.54. The Labute approximate surface area is 111 Å². The molecular formula is C14H28N4. The number of rotatable bonds is 8. The Hall–Kier alpha value is -0.870. The SMILES string of the molecule is CCNCC(C)NCCc1c(C)nn(CC)c1C. The molecule has 4 heteroatoms. The first-order chi connectivity index (χ1) is 8.60. The summed E-state index contributed by atoms with van der Waals surface area (Å²) in [4.78, 5) is 0. The fourth-order valence-corrected chi connectivity index (χ4v) is 2.28. The zero-order chi connectivity index (χ0) is 13.5. The average molecular weight is 252 g/mol. The van der Waals surface area contributed by atoms with Gasteiger partial charge in [0.2, 0.25) is 0 Å². The molecule has 1 aromatic rings. The Balaban J connectivity index is 2.41. The third kappa shape index (κ3) is 4.10. The molecule has 0 aliphatic carbocycles. The van der Waals surface area contributed by atoms with E-state index < -0.39 is 0 Å². The fraction of sp³-hybridized carbons (Fsp3) is 0.786. The van der Waals surface area contributed by atoms with Crippen LogP contribution in [0.5, 0.6) is 0 Å². The normalized spacial score (nSPS) is 12.9. The van der Waals surface area contributed by atoms with Crippen molar-refractivity contribution in [1.82, 2.24) is 20.4 Å². The smallest absolute Gasteiger partial charge is 0.0628 e. The molecule has 0 aliphatic heterocycles. The fourth-order valence-electron chi connectivity index (χ4n) is 2.28. The summed E-state index contributed by atoms with van der Waals surface area (Å²) < 4.78 is 2.09. The molecule has 0 radical (unpaired) electrons. The van der Waals surface area contributed by atoms with Crippen molar-refractivity contribution in [2.45, 2.75) is 53.6 Å². The molecule has 1 heterocycles. The van der Waals surface area contributed by atoms with Gasteiger partial charge in [-0.05, 0) is 52.8 Å². The third-order valence-corrected chi connectivity index (χ3v) is 3.40. The number of hydrogen-bond donors (Lipinski definition) is 2. The third-order valence-electron chi connectivity index (χ3n) is 3.40. The summed E-state index contributed by atoms with van der Waals surface area (Å²) >= 11 is 0. The highest BCUT2D eigenvalue weighted by molar-refractivity contribution is 5.24. The second-order valence-corrected chi connectivity index (χ2v) is 4.88. The second-order valence-electron chi connectivity index (χ2n) is 4.88. The van der Waals surface area contributed by atoms with Crippen LogP contribution in [0.3, 0.4) is 0 Å². The summed E-state index contributed by atoms with van der Waals surface area (Å²) in [6, 6.07) is 0.520. The van der Waals surface area contributed by atoms with E-state index >= 15 is 0 Å². The van der Waals surface area contributed by atoms with Crippen LogP contribution in [0.2, 0.25) is 0 Å². The highest BCUT2D eigenvalue weighted by Gasteiger charge is 2.10. The lowest BCUT2D eigenvalue weighted by atomic mass is 10.1. The van der Waals surface area contributed by atoms with Crippen LogP contribution in [0.25, 0.3) is 0 Å². The molecule has 4 nitrogen and oxygen atoms in total. The van der Waals surface area contributed by atoms with E-state index in [0.29, 0.717) is 6.04 Å². The molecule has 2 N–H and O–H groups in total. The lowest BCUT2D eigenvalue weighted by molar-refractivity contribution is 0.511. The molecule has 1 rings (SSSR count). The van der Waals surface area contributed by atoms with Gasteiger partial charge < -0.3 is 10.6 Å². The molecule has 1 aromatic heterocycles. The van der Waals surface area contributed by atoms with Gasteiger partial charge in [0.15, 0.2) is 0 Å². The van der Waals surface area contributed by atoms with Crippen LogP contribution in [0.1, 0.15) is 37.7 Å². The summed E-state index contributed by atoms with van der Waals surface area (Å²) in [6.45, 7) is 14.8. The largest absolute Gasteiger partial charge is 0.315 e. The number of aryl methyl sites for hydroxylation is 2. The van der Waals surface area contributed by atoms with Crippen LogP contribution in [-0.2, 0) is 13.0 Å². The van der Waals surface area contributed by atoms with Crippen LogP contribution in [0, 0.1) is 13.8 Å². The Morgan fingerprint density at radius 1 is 1.28 bits per heavy atom. The van der Waals surface area contributed by atoms with Gasteiger partial charge in [-0.1, -0.05) is 6.92 Å².